The monoisotopic (exact) mass is 269 g/mol. The van der Waals surface area contributed by atoms with E-state index in [0.29, 0.717) is 12.1 Å². The third kappa shape index (κ3) is 2.16. The van der Waals surface area contributed by atoms with Crippen molar-refractivity contribution in [2.45, 2.75) is 13.5 Å². The van der Waals surface area contributed by atoms with Crippen molar-refractivity contribution in [2.24, 2.45) is 7.05 Å². The van der Waals surface area contributed by atoms with Crippen molar-refractivity contribution in [1.82, 2.24) is 25.1 Å². The summed E-state index contributed by atoms with van der Waals surface area (Å²) in [7, 11) is 1.88. The second-order valence-corrected chi connectivity index (χ2v) is 4.70. The van der Waals surface area contributed by atoms with E-state index in [9.17, 15) is 4.79 Å². The topological polar surface area (TPSA) is 75.6 Å². The number of rotatable bonds is 3. The number of benzene rings is 1. The zero-order valence-electron chi connectivity index (χ0n) is 11.3. The van der Waals surface area contributed by atoms with Crippen LogP contribution in [0.3, 0.4) is 0 Å². The first kappa shape index (κ1) is 12.4. The molecule has 0 aliphatic rings. The number of carbonyl (C=O) groups is 1. The highest BCUT2D eigenvalue weighted by molar-refractivity contribution is 5.97. The second kappa shape index (κ2) is 4.80. The van der Waals surface area contributed by atoms with E-state index in [4.69, 9.17) is 0 Å². The van der Waals surface area contributed by atoms with Gasteiger partial charge in [-0.25, -0.2) is 4.98 Å². The van der Waals surface area contributed by atoms with Crippen LogP contribution in [0.1, 0.15) is 21.6 Å². The molecule has 1 aromatic carbocycles. The van der Waals surface area contributed by atoms with E-state index >= 15 is 0 Å². The lowest BCUT2D eigenvalue weighted by Gasteiger charge is -2.05. The fourth-order valence-corrected chi connectivity index (χ4v) is 2.07. The fraction of sp³-hybridized carbons (Fsp3) is 0.214. The average molecular weight is 269 g/mol. The van der Waals surface area contributed by atoms with Gasteiger partial charge in [-0.3, -0.25) is 9.48 Å². The maximum absolute atomic E-state index is 12.1. The van der Waals surface area contributed by atoms with Crippen molar-refractivity contribution >= 4 is 16.9 Å². The number of carbonyl (C=O) groups excluding carboxylic acids is 1. The van der Waals surface area contributed by atoms with Crippen molar-refractivity contribution in [3.05, 3.63) is 47.5 Å². The minimum atomic E-state index is -0.107. The number of imidazole rings is 1. The van der Waals surface area contributed by atoms with E-state index in [-0.39, 0.29) is 5.91 Å². The smallest absolute Gasteiger partial charge is 0.251 e. The molecule has 0 unspecified atom stereocenters. The molecule has 0 saturated heterocycles. The molecule has 6 heteroatoms. The fourth-order valence-electron chi connectivity index (χ4n) is 2.07. The highest BCUT2D eigenvalue weighted by atomic mass is 16.1. The Morgan fingerprint density at radius 2 is 2.30 bits per heavy atom. The number of aromatic amines is 1. The lowest BCUT2D eigenvalue weighted by molar-refractivity contribution is 0.0951. The van der Waals surface area contributed by atoms with Crippen LogP contribution in [0, 0.1) is 6.92 Å². The van der Waals surface area contributed by atoms with E-state index in [2.05, 4.69) is 20.4 Å². The number of amides is 1. The average Bonchev–Trinajstić information content (AvgIpc) is 3.04. The lowest BCUT2D eigenvalue weighted by Crippen LogP contribution is -2.23. The van der Waals surface area contributed by atoms with Crippen molar-refractivity contribution in [2.75, 3.05) is 0 Å². The van der Waals surface area contributed by atoms with Gasteiger partial charge in [-0.1, -0.05) is 0 Å². The van der Waals surface area contributed by atoms with Crippen LogP contribution in [-0.2, 0) is 13.6 Å². The Kier molecular flexibility index (Phi) is 2.98. The Balaban J connectivity index is 1.74. The summed E-state index contributed by atoms with van der Waals surface area (Å²) in [6.45, 7) is 2.45. The Labute approximate surface area is 115 Å². The van der Waals surface area contributed by atoms with Gasteiger partial charge in [0.2, 0.25) is 0 Å². The molecule has 0 fully saturated rings. The maximum atomic E-state index is 12.1. The van der Waals surface area contributed by atoms with Gasteiger partial charge in [-0.15, -0.1) is 0 Å². The number of aromatic nitrogens is 4. The van der Waals surface area contributed by atoms with E-state index in [1.165, 1.54) is 0 Å². The largest absolute Gasteiger partial charge is 0.348 e. The normalized spacial score (nSPS) is 10.9. The molecule has 102 valence electrons. The minimum Gasteiger partial charge on any atom is -0.348 e. The molecule has 0 bridgehead atoms. The van der Waals surface area contributed by atoms with Crippen LogP contribution >= 0.6 is 0 Å². The van der Waals surface area contributed by atoms with E-state index in [1.807, 2.05) is 20.0 Å². The van der Waals surface area contributed by atoms with Crippen molar-refractivity contribution in [3.8, 4) is 0 Å². The van der Waals surface area contributed by atoms with Crippen LogP contribution in [0.15, 0.2) is 30.7 Å². The van der Waals surface area contributed by atoms with Gasteiger partial charge in [0, 0.05) is 30.4 Å². The lowest BCUT2D eigenvalue weighted by atomic mass is 10.2. The molecular weight excluding hydrogens is 254 g/mol. The highest BCUT2D eigenvalue weighted by Gasteiger charge is 2.09. The number of nitrogens with one attached hydrogen (secondary N) is 2. The summed E-state index contributed by atoms with van der Waals surface area (Å²) < 4.78 is 1.79. The van der Waals surface area contributed by atoms with Crippen LogP contribution in [0.2, 0.25) is 0 Å². The maximum Gasteiger partial charge on any atom is 0.251 e. The number of H-pyrrole nitrogens is 1. The van der Waals surface area contributed by atoms with Gasteiger partial charge in [0.15, 0.2) is 0 Å². The molecule has 0 atom stereocenters. The van der Waals surface area contributed by atoms with Gasteiger partial charge < -0.3 is 10.3 Å². The SMILES string of the molecule is Cc1c(CNC(=O)c2ccc3nc[nH]c3c2)cnn1C. The number of hydrogen-bond acceptors (Lipinski definition) is 3. The quantitative estimate of drug-likeness (QED) is 0.757. The third-order valence-corrected chi connectivity index (χ3v) is 3.46. The predicted octanol–water partition coefficient (Wildman–Crippen LogP) is 1.53. The van der Waals surface area contributed by atoms with E-state index < -0.39 is 0 Å². The molecule has 2 heterocycles. The molecule has 0 spiro atoms. The van der Waals surface area contributed by atoms with Gasteiger partial charge in [0.05, 0.1) is 23.6 Å². The summed E-state index contributed by atoms with van der Waals surface area (Å²) in [6, 6.07) is 5.40. The van der Waals surface area contributed by atoms with Gasteiger partial charge in [0.25, 0.3) is 5.91 Å². The molecule has 1 amide bonds. The van der Waals surface area contributed by atoms with Crippen molar-refractivity contribution in [3.63, 3.8) is 0 Å². The first-order chi connectivity index (χ1) is 9.65. The number of hydrogen-bond donors (Lipinski definition) is 2. The molecule has 0 aliphatic carbocycles. The van der Waals surface area contributed by atoms with Gasteiger partial charge in [0.1, 0.15) is 0 Å². The first-order valence-electron chi connectivity index (χ1n) is 6.34. The summed E-state index contributed by atoms with van der Waals surface area (Å²) in [5, 5.41) is 7.05. The van der Waals surface area contributed by atoms with E-state index in [1.54, 1.807) is 29.3 Å². The molecule has 0 aliphatic heterocycles. The van der Waals surface area contributed by atoms with Gasteiger partial charge in [-0.2, -0.15) is 5.10 Å². The molecule has 0 saturated carbocycles. The molecule has 3 rings (SSSR count). The standard InChI is InChI=1S/C14H15N5O/c1-9-11(7-18-19(9)2)6-15-14(20)10-3-4-12-13(5-10)17-8-16-12/h3-5,7-8H,6H2,1-2H3,(H,15,20)(H,16,17). The summed E-state index contributed by atoms with van der Waals surface area (Å²) in [4.78, 5) is 19.3. The first-order valence-corrected chi connectivity index (χ1v) is 6.34. The van der Waals surface area contributed by atoms with Crippen molar-refractivity contribution < 1.29 is 4.79 Å². The van der Waals surface area contributed by atoms with E-state index in [0.717, 1.165) is 22.3 Å². The molecule has 0 radical (unpaired) electrons. The molecule has 2 aromatic heterocycles. The van der Waals surface area contributed by atoms with Crippen LogP contribution in [0.25, 0.3) is 11.0 Å². The van der Waals surface area contributed by atoms with Gasteiger partial charge in [-0.05, 0) is 25.1 Å². The third-order valence-electron chi connectivity index (χ3n) is 3.46. The summed E-state index contributed by atoms with van der Waals surface area (Å²) in [5.41, 5.74) is 4.39. The zero-order valence-corrected chi connectivity index (χ0v) is 11.3. The zero-order chi connectivity index (χ0) is 14.1. The Hall–Kier alpha value is -2.63. The summed E-state index contributed by atoms with van der Waals surface area (Å²) in [6.07, 6.45) is 3.39. The molecule has 20 heavy (non-hydrogen) atoms. The highest BCUT2D eigenvalue weighted by Crippen LogP contribution is 2.12. The number of aryl methyl sites for hydroxylation is 1. The van der Waals surface area contributed by atoms with Crippen LogP contribution in [0.5, 0.6) is 0 Å². The molecule has 3 aromatic rings. The minimum absolute atomic E-state index is 0.107. The molecule has 6 nitrogen and oxygen atoms in total. The summed E-state index contributed by atoms with van der Waals surface area (Å²) in [5.74, 6) is -0.107. The Morgan fingerprint density at radius 1 is 1.45 bits per heavy atom. The summed E-state index contributed by atoms with van der Waals surface area (Å²) >= 11 is 0. The number of nitrogens with zero attached hydrogens (tertiary/aromatic N) is 3. The molecular formula is C14H15N5O. The Morgan fingerprint density at radius 3 is 3.05 bits per heavy atom. The second-order valence-electron chi connectivity index (χ2n) is 4.70. The van der Waals surface area contributed by atoms with Crippen LogP contribution in [-0.4, -0.2) is 25.7 Å². The van der Waals surface area contributed by atoms with Gasteiger partial charge >= 0.3 is 0 Å². The van der Waals surface area contributed by atoms with Crippen molar-refractivity contribution in [1.29, 1.82) is 0 Å². The number of fused-ring (bicyclic) bond motifs is 1. The van der Waals surface area contributed by atoms with Crippen LogP contribution < -0.4 is 5.32 Å². The Bertz CT molecular complexity index is 771. The predicted molar refractivity (Wildman–Crippen MR) is 75.2 cm³/mol. The van der Waals surface area contributed by atoms with Crippen LogP contribution in [0.4, 0.5) is 0 Å². The molecule has 2 N–H and O–H groups in total.